The van der Waals surface area contributed by atoms with Crippen LogP contribution in [0.3, 0.4) is 0 Å². The van der Waals surface area contributed by atoms with Gasteiger partial charge in [-0.25, -0.2) is 0 Å². The number of carbonyl (C=O) groups is 3. The summed E-state index contributed by atoms with van der Waals surface area (Å²) >= 11 is 0. The quantitative estimate of drug-likeness (QED) is 0.688. The smallest absolute Gasteiger partial charge is 0.277 e. The van der Waals surface area contributed by atoms with E-state index in [9.17, 15) is 14.4 Å². The first kappa shape index (κ1) is 16.2. The number of benzene rings is 1. The molecule has 3 N–H and O–H groups in total. The molecule has 24 heavy (non-hydrogen) atoms. The van der Waals surface area contributed by atoms with Gasteiger partial charge >= 0.3 is 0 Å². The molecule has 2 heterocycles. The molecule has 0 saturated heterocycles. The third-order valence-corrected chi connectivity index (χ3v) is 4.19. The van der Waals surface area contributed by atoms with E-state index in [-0.39, 0.29) is 31.2 Å². The molecule has 0 unspecified atom stereocenters. The molecular weight excluding hydrogens is 310 g/mol. The maximum Gasteiger partial charge on any atom is 0.277 e. The third-order valence-electron chi connectivity index (χ3n) is 4.19. The summed E-state index contributed by atoms with van der Waals surface area (Å²) in [5.74, 6) is -0.968. The number of aliphatic hydroxyl groups excluding tert-OH is 1. The topological polar surface area (TPSA) is 98.7 Å². The minimum atomic E-state index is -0.468. The Morgan fingerprint density at radius 1 is 1.29 bits per heavy atom. The molecule has 3 amide bonds. The maximum atomic E-state index is 12.2. The zero-order chi connectivity index (χ0) is 17.5. The fraction of sp³-hybridized carbons (Fsp3) is 0.353. The summed E-state index contributed by atoms with van der Waals surface area (Å²) in [6.45, 7) is 3.56. The monoisotopic (exact) mass is 329 g/mol. The molecule has 0 radical (unpaired) electrons. The molecule has 1 aromatic carbocycles. The molecule has 2 aliphatic rings. The summed E-state index contributed by atoms with van der Waals surface area (Å²) in [4.78, 5) is 36.7. The van der Waals surface area contributed by atoms with Crippen LogP contribution in [0.15, 0.2) is 30.0 Å². The van der Waals surface area contributed by atoms with Crippen LogP contribution in [-0.4, -0.2) is 40.9 Å². The van der Waals surface area contributed by atoms with Gasteiger partial charge in [0.1, 0.15) is 5.70 Å². The number of carbonyl (C=O) groups excluding carboxylic acids is 3. The molecule has 0 aliphatic carbocycles. The van der Waals surface area contributed by atoms with Crippen molar-refractivity contribution in [2.24, 2.45) is 0 Å². The second kappa shape index (κ2) is 5.76. The van der Waals surface area contributed by atoms with Crippen LogP contribution in [-0.2, 0) is 26.3 Å². The average Bonchev–Trinajstić information content (AvgIpc) is 2.74. The van der Waals surface area contributed by atoms with E-state index in [1.807, 2.05) is 32.0 Å². The number of rotatable bonds is 4. The summed E-state index contributed by atoms with van der Waals surface area (Å²) in [6, 6.07) is 5.54. The number of β-amino-alcohol motifs (C(OH)–C–C–N with tert-alkyl or cyclic N) is 1. The van der Waals surface area contributed by atoms with Gasteiger partial charge in [-0.1, -0.05) is 6.07 Å². The lowest BCUT2D eigenvalue weighted by Crippen LogP contribution is -2.46. The lowest BCUT2D eigenvalue weighted by Gasteiger charge is -2.33. The predicted octanol–water partition coefficient (Wildman–Crippen LogP) is 0.251. The number of aliphatic hydroxyl groups is 1. The van der Waals surface area contributed by atoms with Crippen LogP contribution >= 0.6 is 0 Å². The van der Waals surface area contributed by atoms with E-state index in [0.717, 1.165) is 16.0 Å². The molecule has 7 nitrogen and oxygen atoms in total. The van der Waals surface area contributed by atoms with Gasteiger partial charge in [-0.2, -0.15) is 0 Å². The number of fused-ring (bicyclic) bond motifs is 1. The Kier molecular flexibility index (Phi) is 3.88. The Bertz CT molecular complexity index is 767. The minimum absolute atomic E-state index is 0.0299. The average molecular weight is 329 g/mol. The van der Waals surface area contributed by atoms with Gasteiger partial charge in [-0.3, -0.25) is 19.3 Å². The van der Waals surface area contributed by atoms with Crippen molar-refractivity contribution in [2.45, 2.75) is 25.8 Å². The van der Waals surface area contributed by atoms with Gasteiger partial charge in [0.05, 0.1) is 25.1 Å². The standard InChI is InChI=1S/C17H19N3O4/c1-17(2)12-4-3-11(7-10(12)8-14(22)19-17)18-13-9-15(23)20(5-6-21)16(13)24/h3-4,7,9,18,21H,5-6,8H2,1-2H3,(H,19,22). The van der Waals surface area contributed by atoms with Gasteiger partial charge in [0.2, 0.25) is 5.91 Å². The van der Waals surface area contributed by atoms with Crippen molar-refractivity contribution in [3.05, 3.63) is 41.1 Å². The van der Waals surface area contributed by atoms with Crippen molar-refractivity contribution >= 4 is 23.4 Å². The molecule has 2 aliphatic heterocycles. The number of amides is 3. The van der Waals surface area contributed by atoms with Crippen molar-refractivity contribution in [1.82, 2.24) is 10.2 Å². The molecule has 0 atom stereocenters. The molecule has 0 saturated carbocycles. The highest BCUT2D eigenvalue weighted by atomic mass is 16.3. The second-order valence-corrected chi connectivity index (χ2v) is 6.42. The zero-order valence-electron chi connectivity index (χ0n) is 13.5. The molecule has 0 fully saturated rings. The highest BCUT2D eigenvalue weighted by molar-refractivity contribution is 6.17. The first-order valence-corrected chi connectivity index (χ1v) is 7.71. The van der Waals surface area contributed by atoms with Crippen LogP contribution in [0, 0.1) is 0 Å². The molecule has 7 heteroatoms. The van der Waals surface area contributed by atoms with E-state index in [1.54, 1.807) is 0 Å². The van der Waals surface area contributed by atoms with Gasteiger partial charge < -0.3 is 15.7 Å². The summed E-state index contributed by atoms with van der Waals surface area (Å²) in [7, 11) is 0. The fourth-order valence-electron chi connectivity index (χ4n) is 3.13. The highest BCUT2D eigenvalue weighted by Crippen LogP contribution is 2.31. The minimum Gasteiger partial charge on any atom is -0.395 e. The molecular formula is C17H19N3O4. The molecule has 3 rings (SSSR count). The van der Waals surface area contributed by atoms with Crippen LogP contribution in [0.25, 0.3) is 0 Å². The van der Waals surface area contributed by atoms with E-state index < -0.39 is 17.4 Å². The van der Waals surface area contributed by atoms with Crippen molar-refractivity contribution < 1.29 is 19.5 Å². The van der Waals surface area contributed by atoms with E-state index >= 15 is 0 Å². The van der Waals surface area contributed by atoms with Crippen molar-refractivity contribution in [3.63, 3.8) is 0 Å². The first-order valence-electron chi connectivity index (χ1n) is 7.71. The Labute approximate surface area is 139 Å². The van der Waals surface area contributed by atoms with Crippen molar-refractivity contribution in [3.8, 4) is 0 Å². The highest BCUT2D eigenvalue weighted by Gasteiger charge is 2.32. The molecule has 1 aromatic rings. The van der Waals surface area contributed by atoms with Gasteiger partial charge in [0.25, 0.3) is 11.8 Å². The molecule has 0 aromatic heterocycles. The van der Waals surface area contributed by atoms with E-state index in [4.69, 9.17) is 5.11 Å². The largest absolute Gasteiger partial charge is 0.395 e. The van der Waals surface area contributed by atoms with Crippen LogP contribution in [0.5, 0.6) is 0 Å². The van der Waals surface area contributed by atoms with E-state index in [0.29, 0.717) is 5.69 Å². The van der Waals surface area contributed by atoms with Gasteiger partial charge in [-0.05, 0) is 37.1 Å². The van der Waals surface area contributed by atoms with Gasteiger partial charge in [0.15, 0.2) is 0 Å². The zero-order valence-corrected chi connectivity index (χ0v) is 13.5. The normalized spacial score (nSPS) is 19.0. The van der Waals surface area contributed by atoms with Gasteiger partial charge in [0, 0.05) is 11.8 Å². The van der Waals surface area contributed by atoms with Crippen molar-refractivity contribution in [1.29, 1.82) is 0 Å². The maximum absolute atomic E-state index is 12.2. The van der Waals surface area contributed by atoms with Crippen LogP contribution in [0.4, 0.5) is 5.69 Å². The molecule has 126 valence electrons. The Morgan fingerprint density at radius 3 is 2.75 bits per heavy atom. The summed E-state index contributed by atoms with van der Waals surface area (Å²) in [6.07, 6.45) is 1.49. The lowest BCUT2D eigenvalue weighted by atomic mass is 9.85. The van der Waals surface area contributed by atoms with Crippen LogP contribution < -0.4 is 10.6 Å². The summed E-state index contributed by atoms with van der Waals surface area (Å²) in [5.41, 5.74) is 2.26. The molecule has 0 bridgehead atoms. The van der Waals surface area contributed by atoms with Gasteiger partial charge in [-0.15, -0.1) is 0 Å². The molecule has 0 spiro atoms. The number of anilines is 1. The van der Waals surface area contributed by atoms with E-state index in [2.05, 4.69) is 10.6 Å². The van der Waals surface area contributed by atoms with Crippen LogP contribution in [0.2, 0.25) is 0 Å². The summed E-state index contributed by atoms with van der Waals surface area (Å²) < 4.78 is 0. The third kappa shape index (κ3) is 2.78. The first-order chi connectivity index (χ1) is 11.3. The Hall–Kier alpha value is -2.67. The predicted molar refractivity (Wildman–Crippen MR) is 86.8 cm³/mol. The SMILES string of the molecule is CC1(C)NC(=O)Cc2cc(NC3=CC(=O)N(CCO)C3=O)ccc21. The fourth-order valence-corrected chi connectivity index (χ4v) is 3.13. The lowest BCUT2D eigenvalue weighted by molar-refractivity contribution is -0.137. The number of hydrogen-bond acceptors (Lipinski definition) is 5. The number of hydrogen-bond donors (Lipinski definition) is 3. The number of nitrogens with zero attached hydrogens (tertiary/aromatic N) is 1. The second-order valence-electron chi connectivity index (χ2n) is 6.42. The van der Waals surface area contributed by atoms with Crippen molar-refractivity contribution in [2.75, 3.05) is 18.5 Å². The van der Waals surface area contributed by atoms with E-state index in [1.165, 1.54) is 6.08 Å². The number of nitrogens with one attached hydrogen (secondary N) is 2. The van der Waals surface area contributed by atoms with Crippen LogP contribution in [0.1, 0.15) is 25.0 Å². The Balaban J connectivity index is 1.84. The summed E-state index contributed by atoms with van der Waals surface area (Å²) in [5, 5.41) is 14.8. The number of imide groups is 1. The Morgan fingerprint density at radius 2 is 2.04 bits per heavy atom.